The van der Waals surface area contributed by atoms with Gasteiger partial charge in [0.15, 0.2) is 0 Å². The largest absolute Gasteiger partial charge is 0.544 e. The van der Waals surface area contributed by atoms with Crippen LogP contribution in [0.15, 0.2) is 0 Å². The second kappa shape index (κ2) is 18.9. The Labute approximate surface area is 180 Å². The average molecular weight is 413 g/mol. The lowest BCUT2D eigenvalue weighted by Crippen LogP contribution is -2.49. The molecule has 0 bridgehead atoms. The van der Waals surface area contributed by atoms with Crippen LogP contribution in [0.4, 0.5) is 0 Å². The number of amides is 1. The number of rotatable bonds is 21. The van der Waals surface area contributed by atoms with Gasteiger partial charge in [-0.25, -0.2) is 0 Å². The summed E-state index contributed by atoms with van der Waals surface area (Å²) in [5.74, 6) is -0.911. The topological polar surface area (TPSA) is 69.2 Å². The smallest absolute Gasteiger partial charge is 0.219 e. The SMILES string of the molecule is CCCCCCCCCCCCCCCCC(=O)NCCC[N+](C)(C)CC(=O)[O-]. The highest BCUT2D eigenvalue weighted by molar-refractivity contribution is 5.75. The molecular weight excluding hydrogens is 364 g/mol. The van der Waals surface area contributed by atoms with Crippen molar-refractivity contribution in [2.45, 2.75) is 110 Å². The average Bonchev–Trinajstić information content (AvgIpc) is 2.64. The third-order valence-corrected chi connectivity index (χ3v) is 5.58. The molecule has 0 aliphatic carbocycles. The van der Waals surface area contributed by atoms with Crippen LogP contribution in [0.2, 0.25) is 0 Å². The molecule has 172 valence electrons. The maximum absolute atomic E-state index is 11.8. The number of hydrogen-bond acceptors (Lipinski definition) is 3. The maximum atomic E-state index is 11.8. The Bertz CT molecular complexity index is 411. The molecule has 0 aliphatic heterocycles. The molecule has 29 heavy (non-hydrogen) atoms. The molecule has 0 fully saturated rings. The van der Waals surface area contributed by atoms with E-state index in [0.717, 1.165) is 19.3 Å². The van der Waals surface area contributed by atoms with Crippen molar-refractivity contribution in [3.8, 4) is 0 Å². The van der Waals surface area contributed by atoms with Crippen LogP contribution in [-0.2, 0) is 9.59 Å². The zero-order chi connectivity index (χ0) is 21.8. The molecule has 0 saturated heterocycles. The Hall–Kier alpha value is -1.10. The minimum atomic E-state index is -1.03. The van der Waals surface area contributed by atoms with Gasteiger partial charge in [0.05, 0.1) is 26.6 Å². The van der Waals surface area contributed by atoms with Gasteiger partial charge >= 0.3 is 0 Å². The van der Waals surface area contributed by atoms with Crippen molar-refractivity contribution in [1.29, 1.82) is 0 Å². The lowest BCUT2D eigenvalue weighted by atomic mass is 10.0. The van der Waals surface area contributed by atoms with E-state index < -0.39 is 5.97 Å². The molecule has 0 aromatic rings. The number of carboxylic acid groups (broad SMARTS) is 1. The van der Waals surface area contributed by atoms with E-state index in [4.69, 9.17) is 0 Å². The van der Waals surface area contributed by atoms with Crippen LogP contribution >= 0.6 is 0 Å². The normalized spacial score (nSPS) is 11.6. The quantitative estimate of drug-likeness (QED) is 0.227. The first-order chi connectivity index (χ1) is 13.9. The van der Waals surface area contributed by atoms with Gasteiger partial charge in [0.1, 0.15) is 6.54 Å². The van der Waals surface area contributed by atoms with Gasteiger partial charge in [0.2, 0.25) is 5.91 Å². The molecule has 5 heteroatoms. The van der Waals surface area contributed by atoms with Crippen molar-refractivity contribution in [2.24, 2.45) is 0 Å². The molecule has 0 atom stereocenters. The van der Waals surface area contributed by atoms with Gasteiger partial charge < -0.3 is 19.7 Å². The molecule has 0 aromatic carbocycles. The zero-order valence-electron chi connectivity index (χ0n) is 19.6. The summed E-state index contributed by atoms with van der Waals surface area (Å²) in [6.45, 7) is 3.61. The first kappa shape index (κ1) is 27.9. The summed E-state index contributed by atoms with van der Waals surface area (Å²) in [7, 11) is 3.73. The maximum Gasteiger partial charge on any atom is 0.219 e. The third-order valence-electron chi connectivity index (χ3n) is 5.58. The van der Waals surface area contributed by atoms with Gasteiger partial charge in [0, 0.05) is 19.4 Å². The second-order valence-electron chi connectivity index (χ2n) is 9.24. The summed E-state index contributed by atoms with van der Waals surface area (Å²) in [5.41, 5.74) is 0. The van der Waals surface area contributed by atoms with Crippen LogP contribution in [0.25, 0.3) is 0 Å². The number of nitrogens with zero attached hydrogens (tertiary/aromatic N) is 1. The van der Waals surface area contributed by atoms with Crippen LogP contribution in [-0.4, -0.2) is 50.1 Å². The van der Waals surface area contributed by atoms with Crippen molar-refractivity contribution in [1.82, 2.24) is 5.32 Å². The van der Waals surface area contributed by atoms with Crippen molar-refractivity contribution in [3.05, 3.63) is 0 Å². The van der Waals surface area contributed by atoms with E-state index in [9.17, 15) is 14.7 Å². The Morgan fingerprint density at radius 2 is 1.17 bits per heavy atom. The molecule has 1 amide bonds. The van der Waals surface area contributed by atoms with Gasteiger partial charge in [-0.2, -0.15) is 0 Å². The monoisotopic (exact) mass is 412 g/mol. The van der Waals surface area contributed by atoms with E-state index in [-0.39, 0.29) is 12.5 Å². The van der Waals surface area contributed by atoms with Crippen LogP contribution < -0.4 is 10.4 Å². The molecule has 5 nitrogen and oxygen atoms in total. The zero-order valence-corrected chi connectivity index (χ0v) is 19.6. The van der Waals surface area contributed by atoms with Crippen LogP contribution in [0, 0.1) is 0 Å². The highest BCUT2D eigenvalue weighted by Gasteiger charge is 2.14. The molecule has 0 radical (unpaired) electrons. The van der Waals surface area contributed by atoms with Crippen molar-refractivity contribution in [2.75, 3.05) is 33.7 Å². The Kier molecular flexibility index (Phi) is 18.2. The Balaban J connectivity index is 3.32. The van der Waals surface area contributed by atoms with Crippen LogP contribution in [0.5, 0.6) is 0 Å². The van der Waals surface area contributed by atoms with Crippen molar-refractivity contribution >= 4 is 11.9 Å². The Morgan fingerprint density at radius 3 is 1.62 bits per heavy atom. The summed E-state index contributed by atoms with van der Waals surface area (Å²) in [6, 6.07) is 0. The predicted octanol–water partition coefficient (Wildman–Crippen LogP) is 4.19. The fourth-order valence-corrected chi connectivity index (χ4v) is 3.73. The van der Waals surface area contributed by atoms with Crippen molar-refractivity contribution in [3.63, 3.8) is 0 Å². The second-order valence-corrected chi connectivity index (χ2v) is 9.24. The number of likely N-dealkylation sites (N-methyl/N-ethyl adjacent to an activating group) is 1. The van der Waals surface area contributed by atoms with E-state index in [1.807, 2.05) is 14.1 Å². The molecule has 1 N–H and O–H groups in total. The number of carboxylic acids is 1. The molecule has 0 rings (SSSR count). The van der Waals surface area contributed by atoms with Gasteiger partial charge in [-0.15, -0.1) is 0 Å². The molecule has 0 saturated carbocycles. The summed E-state index contributed by atoms with van der Waals surface area (Å²) in [6.07, 6.45) is 19.9. The summed E-state index contributed by atoms with van der Waals surface area (Å²) < 4.78 is 0.386. The minimum absolute atomic E-state index is 0.00694. The lowest BCUT2D eigenvalue weighted by molar-refractivity contribution is -0.884. The van der Waals surface area contributed by atoms with Gasteiger partial charge in [-0.05, 0) is 6.42 Å². The van der Waals surface area contributed by atoms with E-state index in [2.05, 4.69) is 12.2 Å². The molecule has 0 heterocycles. The van der Waals surface area contributed by atoms with E-state index in [0.29, 0.717) is 24.0 Å². The van der Waals surface area contributed by atoms with E-state index in [1.165, 1.54) is 77.0 Å². The number of carbonyl (C=O) groups excluding carboxylic acids is 2. The summed E-state index contributed by atoms with van der Waals surface area (Å²) >= 11 is 0. The van der Waals surface area contributed by atoms with Gasteiger partial charge in [-0.1, -0.05) is 90.4 Å². The third kappa shape index (κ3) is 21.4. The highest BCUT2D eigenvalue weighted by atomic mass is 16.4. The van der Waals surface area contributed by atoms with Crippen LogP contribution in [0.3, 0.4) is 0 Å². The predicted molar refractivity (Wildman–Crippen MR) is 119 cm³/mol. The summed E-state index contributed by atoms with van der Waals surface area (Å²) in [5, 5.41) is 13.6. The number of carbonyl (C=O) groups is 2. The highest BCUT2D eigenvalue weighted by Crippen LogP contribution is 2.13. The van der Waals surface area contributed by atoms with E-state index in [1.54, 1.807) is 0 Å². The number of quaternary nitrogens is 1. The fourth-order valence-electron chi connectivity index (χ4n) is 3.73. The number of aliphatic carboxylic acids is 1. The van der Waals surface area contributed by atoms with Crippen LogP contribution in [0.1, 0.15) is 110 Å². The van der Waals surface area contributed by atoms with E-state index >= 15 is 0 Å². The molecule has 0 unspecified atom stereocenters. The van der Waals surface area contributed by atoms with Crippen molar-refractivity contribution < 1.29 is 19.2 Å². The first-order valence-corrected chi connectivity index (χ1v) is 12.2. The Morgan fingerprint density at radius 1 is 0.724 bits per heavy atom. The first-order valence-electron chi connectivity index (χ1n) is 12.2. The standard InChI is InChI=1S/C24H48N2O3/c1-4-5-6-7-8-9-10-11-12-13-14-15-16-17-19-23(27)25-20-18-21-26(2,3)22-24(28)29/h4-22H2,1-3H3,(H-,25,27,28,29). The number of unbranched alkanes of at least 4 members (excludes halogenated alkanes) is 13. The van der Waals surface area contributed by atoms with Gasteiger partial charge in [0.25, 0.3) is 0 Å². The minimum Gasteiger partial charge on any atom is -0.544 e. The number of hydrogen-bond donors (Lipinski definition) is 1. The van der Waals surface area contributed by atoms with Gasteiger partial charge in [-0.3, -0.25) is 4.79 Å². The molecule has 0 aliphatic rings. The lowest BCUT2D eigenvalue weighted by Gasteiger charge is -2.30. The molecule has 0 aromatic heterocycles. The molecule has 0 spiro atoms. The fraction of sp³-hybridized carbons (Fsp3) is 0.917. The summed E-state index contributed by atoms with van der Waals surface area (Å²) in [4.78, 5) is 22.5. The molecular formula is C24H48N2O3. The number of nitrogens with one attached hydrogen (secondary N) is 1.